The maximum absolute atomic E-state index is 14.2. The van der Waals surface area contributed by atoms with E-state index in [-0.39, 0.29) is 30.1 Å². The molecule has 0 radical (unpaired) electrons. The monoisotopic (exact) mass is 411 g/mol. The van der Waals surface area contributed by atoms with E-state index < -0.39 is 5.82 Å². The van der Waals surface area contributed by atoms with Gasteiger partial charge in [-0.2, -0.15) is 5.10 Å². The molecule has 1 fully saturated rings. The fraction of sp³-hybridized carbons (Fsp3) is 0.304. The number of rotatable bonds is 6. The molecule has 1 aliphatic heterocycles. The van der Waals surface area contributed by atoms with Gasteiger partial charge in [0.2, 0.25) is 0 Å². The molecule has 7 heteroatoms. The van der Waals surface area contributed by atoms with Crippen molar-refractivity contribution in [2.45, 2.75) is 32.4 Å². The highest BCUT2D eigenvalue weighted by Gasteiger charge is 2.26. The van der Waals surface area contributed by atoms with Gasteiger partial charge in [-0.1, -0.05) is 24.3 Å². The molecule has 2 aromatic carbocycles. The number of ether oxygens (including phenoxy) is 1. The topological polar surface area (TPSA) is 47.4 Å². The molecule has 0 spiro atoms. The molecule has 2 heterocycles. The highest BCUT2D eigenvalue weighted by molar-refractivity contribution is 5.95. The number of benzene rings is 2. The average molecular weight is 411 g/mol. The van der Waals surface area contributed by atoms with Gasteiger partial charge in [-0.05, 0) is 49.6 Å². The minimum atomic E-state index is -0.418. The predicted octanol–water partition coefficient (Wildman–Crippen LogP) is 4.28. The molecule has 1 saturated heterocycles. The van der Waals surface area contributed by atoms with E-state index >= 15 is 0 Å². The Bertz CT molecular complexity index is 1040. The van der Waals surface area contributed by atoms with Crippen LogP contribution < -0.4 is 0 Å². The summed E-state index contributed by atoms with van der Waals surface area (Å²) in [6.45, 7) is 3.07. The van der Waals surface area contributed by atoms with Crippen molar-refractivity contribution in [1.82, 2.24) is 14.7 Å². The molecule has 1 atom stereocenters. The largest absolute Gasteiger partial charge is 0.376 e. The summed E-state index contributed by atoms with van der Waals surface area (Å²) in [5.41, 5.74) is 1.90. The van der Waals surface area contributed by atoms with Gasteiger partial charge in [0.15, 0.2) is 0 Å². The molecule has 30 heavy (non-hydrogen) atoms. The van der Waals surface area contributed by atoms with E-state index in [1.165, 1.54) is 29.1 Å². The van der Waals surface area contributed by atoms with Crippen LogP contribution in [0.15, 0.2) is 54.7 Å². The minimum Gasteiger partial charge on any atom is -0.376 e. The molecule has 0 saturated carbocycles. The Morgan fingerprint density at radius 2 is 2.07 bits per heavy atom. The van der Waals surface area contributed by atoms with E-state index in [0.717, 1.165) is 12.8 Å². The Kier molecular flexibility index (Phi) is 5.90. The average Bonchev–Trinajstić information content (AvgIpc) is 3.37. The number of para-hydroxylation sites is 1. The van der Waals surface area contributed by atoms with Crippen molar-refractivity contribution in [2.75, 3.05) is 13.2 Å². The van der Waals surface area contributed by atoms with Crippen LogP contribution in [0.25, 0.3) is 5.69 Å². The van der Waals surface area contributed by atoms with Gasteiger partial charge < -0.3 is 9.64 Å². The molecule has 0 N–H and O–H groups in total. The third kappa shape index (κ3) is 4.26. The van der Waals surface area contributed by atoms with Crippen molar-refractivity contribution >= 4 is 5.91 Å². The quantitative estimate of drug-likeness (QED) is 0.608. The van der Waals surface area contributed by atoms with Gasteiger partial charge in [0.25, 0.3) is 5.91 Å². The summed E-state index contributed by atoms with van der Waals surface area (Å²) in [5, 5.41) is 4.24. The van der Waals surface area contributed by atoms with E-state index in [1.54, 1.807) is 42.2 Å². The lowest BCUT2D eigenvalue weighted by Crippen LogP contribution is -2.37. The zero-order valence-corrected chi connectivity index (χ0v) is 16.7. The normalized spacial score (nSPS) is 16.0. The van der Waals surface area contributed by atoms with Crippen LogP contribution in [0.3, 0.4) is 0 Å². The van der Waals surface area contributed by atoms with Gasteiger partial charge in [-0.15, -0.1) is 0 Å². The Balaban J connectivity index is 1.63. The van der Waals surface area contributed by atoms with Crippen LogP contribution in [0.1, 0.15) is 34.5 Å². The van der Waals surface area contributed by atoms with E-state index in [9.17, 15) is 13.6 Å². The molecular weight excluding hydrogens is 388 g/mol. The number of carbonyl (C=O) groups excluding carboxylic acids is 1. The van der Waals surface area contributed by atoms with Gasteiger partial charge in [0.05, 0.1) is 23.6 Å². The van der Waals surface area contributed by atoms with Crippen LogP contribution in [0.2, 0.25) is 0 Å². The van der Waals surface area contributed by atoms with Crippen molar-refractivity contribution in [3.63, 3.8) is 0 Å². The first-order chi connectivity index (χ1) is 14.5. The fourth-order valence-electron chi connectivity index (χ4n) is 3.77. The van der Waals surface area contributed by atoms with Crippen LogP contribution in [0.4, 0.5) is 8.78 Å². The lowest BCUT2D eigenvalue weighted by molar-refractivity contribution is 0.0506. The van der Waals surface area contributed by atoms with Crippen molar-refractivity contribution in [3.8, 4) is 5.69 Å². The predicted molar refractivity (Wildman–Crippen MR) is 108 cm³/mol. The summed E-state index contributed by atoms with van der Waals surface area (Å²) in [5.74, 6) is -1.01. The first-order valence-corrected chi connectivity index (χ1v) is 9.98. The molecule has 1 aliphatic rings. The molecule has 1 amide bonds. The molecule has 3 aromatic rings. The summed E-state index contributed by atoms with van der Waals surface area (Å²) < 4.78 is 35.0. The Hall–Kier alpha value is -3.06. The zero-order chi connectivity index (χ0) is 21.1. The molecule has 1 aromatic heterocycles. The molecule has 5 nitrogen and oxygen atoms in total. The summed E-state index contributed by atoms with van der Waals surface area (Å²) in [4.78, 5) is 15.1. The summed E-state index contributed by atoms with van der Waals surface area (Å²) in [7, 11) is 0. The third-order valence-electron chi connectivity index (χ3n) is 5.32. The first-order valence-electron chi connectivity index (χ1n) is 9.98. The Morgan fingerprint density at radius 1 is 1.23 bits per heavy atom. The smallest absolute Gasteiger partial charge is 0.257 e. The first kappa shape index (κ1) is 20.2. The molecule has 4 rings (SSSR count). The van der Waals surface area contributed by atoms with Crippen LogP contribution >= 0.6 is 0 Å². The van der Waals surface area contributed by atoms with Crippen molar-refractivity contribution in [2.24, 2.45) is 0 Å². The number of hydrogen-bond acceptors (Lipinski definition) is 3. The summed E-state index contributed by atoms with van der Waals surface area (Å²) in [6, 6.07) is 12.5. The van der Waals surface area contributed by atoms with E-state index in [2.05, 4.69) is 5.10 Å². The standard InChI is InChI=1S/C23H23F2N3O2/c1-16-20(13-26-28(16)22-10-3-2-9-21(22)25)23(29)27(15-19-8-5-11-30-19)14-17-6-4-7-18(24)12-17/h2-4,6-7,9-10,12-13,19H,5,8,11,14-15H2,1H3. The molecule has 0 aliphatic carbocycles. The number of carbonyl (C=O) groups is 1. The second-order valence-corrected chi connectivity index (χ2v) is 7.46. The Morgan fingerprint density at radius 3 is 2.80 bits per heavy atom. The Labute approximate surface area is 173 Å². The van der Waals surface area contributed by atoms with Gasteiger partial charge in [-0.25, -0.2) is 13.5 Å². The van der Waals surface area contributed by atoms with Gasteiger partial charge in [-0.3, -0.25) is 4.79 Å². The van der Waals surface area contributed by atoms with Gasteiger partial charge in [0, 0.05) is 19.7 Å². The summed E-state index contributed by atoms with van der Waals surface area (Å²) in [6.07, 6.45) is 3.24. The second-order valence-electron chi connectivity index (χ2n) is 7.46. The highest BCUT2D eigenvalue weighted by atomic mass is 19.1. The van der Waals surface area contributed by atoms with Gasteiger partial charge >= 0.3 is 0 Å². The second kappa shape index (κ2) is 8.75. The maximum atomic E-state index is 14.2. The molecule has 1 unspecified atom stereocenters. The molecular formula is C23H23F2N3O2. The SMILES string of the molecule is Cc1c(C(=O)N(Cc2cccc(F)c2)CC2CCCO2)cnn1-c1ccccc1F. The van der Waals surface area contributed by atoms with E-state index in [4.69, 9.17) is 4.74 Å². The van der Waals surface area contributed by atoms with Crippen LogP contribution in [0.5, 0.6) is 0 Å². The third-order valence-corrected chi connectivity index (χ3v) is 5.32. The zero-order valence-electron chi connectivity index (χ0n) is 16.7. The van der Waals surface area contributed by atoms with Crippen LogP contribution in [-0.4, -0.2) is 39.8 Å². The van der Waals surface area contributed by atoms with Crippen molar-refractivity contribution < 1.29 is 18.3 Å². The van der Waals surface area contributed by atoms with Crippen LogP contribution in [-0.2, 0) is 11.3 Å². The van der Waals surface area contributed by atoms with E-state index in [0.29, 0.717) is 30.0 Å². The number of nitrogens with zero attached hydrogens (tertiary/aromatic N) is 3. The van der Waals surface area contributed by atoms with Crippen molar-refractivity contribution in [1.29, 1.82) is 0 Å². The maximum Gasteiger partial charge on any atom is 0.257 e. The summed E-state index contributed by atoms with van der Waals surface area (Å²) >= 11 is 0. The number of halogens is 2. The van der Waals surface area contributed by atoms with E-state index in [1.807, 2.05) is 0 Å². The number of aromatic nitrogens is 2. The van der Waals surface area contributed by atoms with Crippen molar-refractivity contribution in [3.05, 3.63) is 83.2 Å². The molecule has 0 bridgehead atoms. The minimum absolute atomic E-state index is 0.0515. The highest BCUT2D eigenvalue weighted by Crippen LogP contribution is 2.21. The lowest BCUT2D eigenvalue weighted by Gasteiger charge is -2.25. The van der Waals surface area contributed by atoms with Gasteiger partial charge in [0.1, 0.15) is 17.3 Å². The number of hydrogen-bond donors (Lipinski definition) is 0. The number of amides is 1. The van der Waals surface area contributed by atoms with Crippen LogP contribution in [0, 0.1) is 18.6 Å². The fourth-order valence-corrected chi connectivity index (χ4v) is 3.77. The lowest BCUT2D eigenvalue weighted by atomic mass is 10.1. The molecule has 156 valence electrons.